The van der Waals surface area contributed by atoms with Crippen molar-refractivity contribution in [2.75, 3.05) is 0 Å². The second kappa shape index (κ2) is 11.3. The Morgan fingerprint density at radius 3 is 1.95 bits per heavy atom. The zero-order chi connectivity index (χ0) is 27.3. The zero-order valence-corrected chi connectivity index (χ0v) is 28.2. The molecule has 0 fully saturated rings. The van der Waals surface area contributed by atoms with Gasteiger partial charge >= 0.3 is 231 Å². The number of hydrogen-bond donors (Lipinski definition) is 0. The molecule has 0 saturated heterocycles. The quantitative estimate of drug-likeness (QED) is 0.100. The molecule has 5 heteroatoms. The van der Waals surface area contributed by atoms with E-state index in [0.717, 1.165) is 0 Å². The van der Waals surface area contributed by atoms with E-state index in [2.05, 4.69) is 73.0 Å². The van der Waals surface area contributed by atoms with E-state index in [4.69, 9.17) is 0 Å². The Morgan fingerprint density at radius 2 is 1.22 bits per heavy atom. The van der Waals surface area contributed by atoms with Crippen LogP contribution in [-0.4, -0.2) is 14.5 Å². The number of benzene rings is 3. The van der Waals surface area contributed by atoms with Gasteiger partial charge in [-0.1, -0.05) is 6.07 Å². The molecule has 0 radical (unpaired) electrons. The van der Waals surface area contributed by atoms with Gasteiger partial charge in [-0.3, -0.25) is 0 Å². The summed E-state index contributed by atoms with van der Waals surface area (Å²) in [4.78, 5) is 2.75. The first-order chi connectivity index (χ1) is 20.2. The first-order valence-corrected chi connectivity index (χ1v) is 20.0. The fraction of sp³-hybridized carbons (Fsp3) is 0.278. The maximum absolute atomic E-state index is 2.54. The molecule has 0 N–H and O–H groups in total. The normalized spacial score (nSPS) is 12.4. The average molecular weight is 672 g/mol. The summed E-state index contributed by atoms with van der Waals surface area (Å²) in [6.45, 7) is 2.30. The third kappa shape index (κ3) is 5.03. The Kier molecular flexibility index (Phi) is 7.32. The Balaban J connectivity index is 1.09. The molecule has 0 bridgehead atoms. The Morgan fingerprint density at radius 1 is 0.561 bits per heavy atom. The second-order valence-electron chi connectivity index (χ2n) is 11.3. The summed E-state index contributed by atoms with van der Waals surface area (Å²) in [5.41, 5.74) is 0. The van der Waals surface area contributed by atoms with Crippen LogP contribution in [0.2, 0.25) is 0 Å². The van der Waals surface area contributed by atoms with Crippen LogP contribution in [0, 0.1) is 0 Å². The number of hydrogen-bond acceptors (Lipinski definition) is 4. The summed E-state index contributed by atoms with van der Waals surface area (Å²) in [6, 6.07) is 24.2. The molecule has 0 spiro atoms. The van der Waals surface area contributed by atoms with E-state index in [9.17, 15) is 0 Å². The van der Waals surface area contributed by atoms with Crippen LogP contribution in [0.3, 0.4) is 0 Å². The third-order valence-electron chi connectivity index (χ3n) is 8.43. The van der Waals surface area contributed by atoms with Gasteiger partial charge in [-0.2, -0.15) is 0 Å². The van der Waals surface area contributed by atoms with Crippen LogP contribution >= 0.6 is 45.3 Å². The van der Waals surface area contributed by atoms with Crippen LogP contribution in [0.4, 0.5) is 0 Å². The molecule has 5 aromatic heterocycles. The molecule has 0 nitrogen and oxygen atoms in total. The molecule has 0 aliphatic rings. The van der Waals surface area contributed by atoms with Gasteiger partial charge in [0, 0.05) is 4.88 Å². The minimum absolute atomic E-state index is 0.505. The molecule has 0 saturated carbocycles. The first-order valence-electron chi connectivity index (χ1n) is 15.0. The molecule has 0 unspecified atom stereocenters. The molecule has 0 aliphatic heterocycles. The molecular formula is C36H32S4Se. The SMILES string of the molecule is CCCCCCCCCCc1cc2cc3c(cc2[se]1)sc1cc2c(cc13)sc1cc3sc(-c4cccs4)cc3cc12. The zero-order valence-electron chi connectivity index (χ0n) is 23.3. The number of fused-ring (bicyclic) bond motifs is 8. The van der Waals surface area contributed by atoms with Gasteiger partial charge in [0.15, 0.2) is 0 Å². The van der Waals surface area contributed by atoms with Crippen molar-refractivity contribution in [2.24, 2.45) is 0 Å². The number of unbranched alkanes of at least 4 members (excludes halogenated alkanes) is 7. The molecule has 5 heterocycles. The number of thiophene rings is 4. The monoisotopic (exact) mass is 672 g/mol. The van der Waals surface area contributed by atoms with Crippen LogP contribution in [0.25, 0.3) is 69.8 Å². The summed E-state index contributed by atoms with van der Waals surface area (Å²) in [5, 5.41) is 10.7. The van der Waals surface area contributed by atoms with E-state index in [1.165, 1.54) is 123 Å². The Bertz CT molecular complexity index is 2150. The van der Waals surface area contributed by atoms with Crippen molar-refractivity contribution in [2.45, 2.75) is 64.7 Å². The van der Waals surface area contributed by atoms with E-state index in [-0.39, 0.29) is 0 Å². The standard InChI is InChI=1S/C36H32S4Se/c1-2-3-4-5-6-7-8-9-11-24-14-23-16-26-28-19-31-27(18-32(28)40-34(26)21-36(23)41-24)25-15-22-17-35(29-12-10-13-37-29)38-30(22)20-33(25)39-31/h10,12-21H,2-9,11H2,1H3. The van der Waals surface area contributed by atoms with E-state index in [1.54, 1.807) is 8.70 Å². The summed E-state index contributed by atoms with van der Waals surface area (Å²) >= 11 is 8.21. The fourth-order valence-electron chi connectivity index (χ4n) is 6.26. The first kappa shape index (κ1) is 26.6. The van der Waals surface area contributed by atoms with Crippen LogP contribution in [0.1, 0.15) is 62.7 Å². The van der Waals surface area contributed by atoms with Crippen molar-refractivity contribution in [3.63, 3.8) is 0 Å². The fourth-order valence-corrected chi connectivity index (χ4v) is 13.1. The van der Waals surface area contributed by atoms with Gasteiger partial charge in [0.25, 0.3) is 0 Å². The average Bonchev–Trinajstić information content (AvgIpc) is 3.80. The molecule has 0 atom stereocenters. The summed E-state index contributed by atoms with van der Waals surface area (Å²) in [5.74, 6) is 0. The van der Waals surface area contributed by atoms with E-state index in [0.29, 0.717) is 14.5 Å². The molecular weight excluding hydrogens is 640 g/mol. The van der Waals surface area contributed by atoms with Gasteiger partial charge in [-0.25, -0.2) is 0 Å². The van der Waals surface area contributed by atoms with Crippen molar-refractivity contribution < 1.29 is 0 Å². The molecule has 41 heavy (non-hydrogen) atoms. The van der Waals surface area contributed by atoms with Crippen molar-refractivity contribution in [3.05, 3.63) is 70.5 Å². The number of aryl methyl sites for hydroxylation is 1. The van der Waals surface area contributed by atoms with Gasteiger partial charge in [0.2, 0.25) is 0 Å². The van der Waals surface area contributed by atoms with Gasteiger partial charge in [0.1, 0.15) is 0 Å². The van der Waals surface area contributed by atoms with Crippen molar-refractivity contribution in [1.29, 1.82) is 0 Å². The molecule has 8 aromatic rings. The van der Waals surface area contributed by atoms with E-state index < -0.39 is 0 Å². The van der Waals surface area contributed by atoms with Crippen LogP contribution in [0.15, 0.2) is 66.0 Å². The summed E-state index contributed by atoms with van der Waals surface area (Å²) < 4.78 is 10.4. The Labute approximate surface area is 263 Å². The second-order valence-corrected chi connectivity index (χ2v) is 18.0. The van der Waals surface area contributed by atoms with Crippen LogP contribution in [0.5, 0.6) is 0 Å². The third-order valence-corrected chi connectivity index (χ3v) is 15.3. The van der Waals surface area contributed by atoms with Gasteiger partial charge in [-0.05, 0) is 11.4 Å². The van der Waals surface area contributed by atoms with Crippen molar-refractivity contribution in [1.82, 2.24) is 0 Å². The maximum atomic E-state index is 2.54. The molecule has 0 aliphatic carbocycles. The van der Waals surface area contributed by atoms with Crippen molar-refractivity contribution >= 4 is 120 Å². The van der Waals surface area contributed by atoms with E-state index >= 15 is 0 Å². The summed E-state index contributed by atoms with van der Waals surface area (Å²) in [7, 11) is 0. The predicted molar refractivity (Wildman–Crippen MR) is 192 cm³/mol. The van der Waals surface area contributed by atoms with Crippen molar-refractivity contribution in [3.8, 4) is 9.75 Å². The van der Waals surface area contributed by atoms with E-state index in [1.807, 2.05) is 45.3 Å². The topological polar surface area (TPSA) is 0 Å². The number of rotatable bonds is 10. The summed E-state index contributed by atoms with van der Waals surface area (Å²) in [6.07, 6.45) is 12.5. The minimum atomic E-state index is 0.505. The van der Waals surface area contributed by atoms with Gasteiger partial charge in [-0.15, -0.1) is 11.3 Å². The Hall–Kier alpha value is -1.98. The predicted octanol–water partition coefficient (Wildman–Crippen LogP) is 13.3. The van der Waals surface area contributed by atoms with Crippen LogP contribution < -0.4 is 0 Å². The molecule has 206 valence electrons. The molecule has 8 rings (SSSR count). The van der Waals surface area contributed by atoms with Gasteiger partial charge < -0.3 is 0 Å². The van der Waals surface area contributed by atoms with Gasteiger partial charge in [0.05, 0.1) is 0 Å². The molecule has 3 aromatic carbocycles. The molecule has 0 amide bonds. The van der Waals surface area contributed by atoms with Crippen LogP contribution in [-0.2, 0) is 6.42 Å².